The second-order valence-electron chi connectivity index (χ2n) is 5.40. The van der Waals surface area contributed by atoms with E-state index in [9.17, 15) is 9.18 Å². The number of amides is 1. The predicted molar refractivity (Wildman–Crippen MR) is 88.4 cm³/mol. The molecule has 0 fully saturated rings. The van der Waals surface area contributed by atoms with E-state index in [2.05, 4.69) is 25.9 Å². The van der Waals surface area contributed by atoms with E-state index in [1.165, 1.54) is 19.2 Å². The maximum absolute atomic E-state index is 13.8. The highest BCUT2D eigenvalue weighted by atomic mass is 19.1. The number of H-pyrrole nitrogens is 1. The van der Waals surface area contributed by atoms with Crippen LogP contribution in [0.25, 0.3) is 11.4 Å². The number of tetrazole rings is 1. The van der Waals surface area contributed by atoms with E-state index in [4.69, 9.17) is 4.74 Å². The van der Waals surface area contributed by atoms with Crippen LogP contribution in [0.5, 0.6) is 5.75 Å². The first-order valence-corrected chi connectivity index (χ1v) is 7.56. The normalized spacial score (nSPS) is 11.8. The third-order valence-corrected chi connectivity index (χ3v) is 3.77. The van der Waals surface area contributed by atoms with E-state index in [0.717, 1.165) is 5.56 Å². The zero-order valence-electron chi connectivity index (χ0n) is 13.7. The summed E-state index contributed by atoms with van der Waals surface area (Å²) < 4.78 is 18.7. The molecule has 1 amide bonds. The molecule has 0 bridgehead atoms. The van der Waals surface area contributed by atoms with Gasteiger partial charge in [0.25, 0.3) is 5.91 Å². The molecule has 3 rings (SSSR count). The summed E-state index contributed by atoms with van der Waals surface area (Å²) in [6.07, 6.45) is 0. The quantitative estimate of drug-likeness (QED) is 0.744. The smallest absolute Gasteiger partial charge is 0.251 e. The first kappa shape index (κ1) is 16.6. The SMILES string of the molecule is COc1ccc(C(C)NC(=O)c2ccc(-c3nn[nH]n3)cc2)cc1F. The molecule has 1 unspecified atom stereocenters. The molecule has 0 aliphatic heterocycles. The molecular formula is C17H16FN5O2. The Labute approximate surface area is 143 Å². The molecule has 1 atom stereocenters. The lowest BCUT2D eigenvalue weighted by molar-refractivity contribution is 0.0940. The van der Waals surface area contributed by atoms with Crippen molar-refractivity contribution in [2.45, 2.75) is 13.0 Å². The van der Waals surface area contributed by atoms with Crippen LogP contribution in [0.4, 0.5) is 4.39 Å². The molecule has 3 aromatic rings. The molecular weight excluding hydrogens is 325 g/mol. The lowest BCUT2D eigenvalue weighted by atomic mass is 10.1. The van der Waals surface area contributed by atoms with Crippen molar-refractivity contribution < 1.29 is 13.9 Å². The van der Waals surface area contributed by atoms with Gasteiger partial charge in [0.1, 0.15) is 0 Å². The van der Waals surface area contributed by atoms with Crippen LogP contribution in [0, 0.1) is 5.82 Å². The first-order valence-electron chi connectivity index (χ1n) is 7.56. The summed E-state index contributed by atoms with van der Waals surface area (Å²) in [5, 5.41) is 16.5. The van der Waals surface area contributed by atoms with E-state index in [-0.39, 0.29) is 17.7 Å². The van der Waals surface area contributed by atoms with Gasteiger partial charge in [0.15, 0.2) is 11.6 Å². The van der Waals surface area contributed by atoms with Gasteiger partial charge < -0.3 is 10.1 Å². The Hall–Kier alpha value is -3.29. The van der Waals surface area contributed by atoms with Crippen LogP contribution in [0.15, 0.2) is 42.5 Å². The van der Waals surface area contributed by atoms with Crippen molar-refractivity contribution in [3.8, 4) is 17.1 Å². The minimum atomic E-state index is -0.467. The third kappa shape index (κ3) is 3.63. The minimum absolute atomic E-state index is 0.166. The summed E-state index contributed by atoms with van der Waals surface area (Å²) in [5.74, 6) is -0.109. The van der Waals surface area contributed by atoms with E-state index >= 15 is 0 Å². The number of carbonyl (C=O) groups excluding carboxylic acids is 1. The summed E-state index contributed by atoms with van der Waals surface area (Å²) in [6, 6.07) is 11.0. The number of nitrogens with zero attached hydrogens (tertiary/aromatic N) is 3. The minimum Gasteiger partial charge on any atom is -0.494 e. The number of rotatable bonds is 5. The number of carbonyl (C=O) groups is 1. The monoisotopic (exact) mass is 341 g/mol. The molecule has 25 heavy (non-hydrogen) atoms. The number of halogens is 1. The van der Waals surface area contributed by atoms with E-state index < -0.39 is 5.82 Å². The highest BCUT2D eigenvalue weighted by Crippen LogP contribution is 2.22. The van der Waals surface area contributed by atoms with Crippen LogP contribution in [-0.4, -0.2) is 33.6 Å². The molecule has 0 aliphatic rings. The molecule has 0 spiro atoms. The van der Waals surface area contributed by atoms with Crippen LogP contribution in [0.2, 0.25) is 0 Å². The van der Waals surface area contributed by atoms with Crippen LogP contribution in [0.3, 0.4) is 0 Å². The number of aromatic amines is 1. The fourth-order valence-corrected chi connectivity index (χ4v) is 2.37. The van der Waals surface area contributed by atoms with Gasteiger partial charge in [-0.25, -0.2) is 4.39 Å². The Morgan fingerprint density at radius 1 is 1.24 bits per heavy atom. The Balaban J connectivity index is 1.70. The van der Waals surface area contributed by atoms with Crippen molar-refractivity contribution >= 4 is 5.91 Å². The molecule has 0 aliphatic carbocycles. The van der Waals surface area contributed by atoms with Gasteiger partial charge in [0, 0.05) is 11.1 Å². The highest BCUT2D eigenvalue weighted by molar-refractivity contribution is 5.94. The molecule has 1 aromatic heterocycles. The highest BCUT2D eigenvalue weighted by Gasteiger charge is 2.14. The fourth-order valence-electron chi connectivity index (χ4n) is 2.37. The zero-order valence-corrected chi connectivity index (χ0v) is 13.7. The van der Waals surface area contributed by atoms with Gasteiger partial charge in [-0.05, 0) is 42.0 Å². The lowest BCUT2D eigenvalue weighted by Crippen LogP contribution is -2.26. The number of nitrogens with one attached hydrogen (secondary N) is 2. The van der Waals surface area contributed by atoms with Crippen LogP contribution >= 0.6 is 0 Å². The number of ether oxygens (including phenoxy) is 1. The average Bonchev–Trinajstić information content (AvgIpc) is 3.16. The standard InChI is InChI=1S/C17H16FN5O2/c1-10(13-7-8-15(25-2)14(18)9-13)19-17(24)12-5-3-11(4-6-12)16-20-22-23-21-16/h3-10H,1-2H3,(H,19,24)(H,20,21,22,23). The van der Waals surface area contributed by atoms with E-state index in [0.29, 0.717) is 17.0 Å². The molecule has 7 nitrogen and oxygen atoms in total. The first-order chi connectivity index (χ1) is 12.1. The van der Waals surface area contributed by atoms with Crippen LogP contribution in [-0.2, 0) is 0 Å². The molecule has 8 heteroatoms. The van der Waals surface area contributed by atoms with Crippen LogP contribution < -0.4 is 10.1 Å². The Morgan fingerprint density at radius 3 is 2.60 bits per heavy atom. The van der Waals surface area contributed by atoms with Crippen LogP contribution in [0.1, 0.15) is 28.9 Å². The Morgan fingerprint density at radius 2 is 2.00 bits per heavy atom. The predicted octanol–water partition coefficient (Wildman–Crippen LogP) is 2.51. The molecule has 128 valence electrons. The molecule has 2 aromatic carbocycles. The van der Waals surface area contributed by atoms with Crippen molar-refractivity contribution in [1.82, 2.24) is 25.9 Å². The van der Waals surface area contributed by atoms with Crippen molar-refractivity contribution in [1.29, 1.82) is 0 Å². The molecule has 2 N–H and O–H groups in total. The van der Waals surface area contributed by atoms with Gasteiger partial charge in [0.2, 0.25) is 5.82 Å². The number of hydrogen-bond donors (Lipinski definition) is 2. The molecule has 0 radical (unpaired) electrons. The lowest BCUT2D eigenvalue weighted by Gasteiger charge is -2.15. The topological polar surface area (TPSA) is 92.8 Å². The summed E-state index contributed by atoms with van der Waals surface area (Å²) in [5.41, 5.74) is 1.87. The largest absolute Gasteiger partial charge is 0.494 e. The van der Waals surface area contributed by atoms with Gasteiger partial charge in [0.05, 0.1) is 13.2 Å². The van der Waals surface area contributed by atoms with Gasteiger partial charge >= 0.3 is 0 Å². The summed E-state index contributed by atoms with van der Waals surface area (Å²) in [4.78, 5) is 12.4. The van der Waals surface area contributed by atoms with Gasteiger partial charge in [-0.3, -0.25) is 4.79 Å². The number of methoxy groups -OCH3 is 1. The molecule has 1 heterocycles. The van der Waals surface area contributed by atoms with Crippen molar-refractivity contribution in [2.75, 3.05) is 7.11 Å². The maximum atomic E-state index is 13.8. The van der Waals surface area contributed by atoms with Crippen molar-refractivity contribution in [2.24, 2.45) is 0 Å². The fraction of sp³-hybridized carbons (Fsp3) is 0.176. The number of aromatic nitrogens is 4. The molecule has 0 saturated heterocycles. The van der Waals surface area contributed by atoms with E-state index in [1.54, 1.807) is 37.3 Å². The summed E-state index contributed by atoms with van der Waals surface area (Å²) >= 11 is 0. The van der Waals surface area contributed by atoms with E-state index in [1.807, 2.05) is 0 Å². The molecule has 0 saturated carbocycles. The average molecular weight is 341 g/mol. The summed E-state index contributed by atoms with van der Waals surface area (Å²) in [6.45, 7) is 1.78. The van der Waals surface area contributed by atoms with Crippen molar-refractivity contribution in [3.63, 3.8) is 0 Å². The van der Waals surface area contributed by atoms with Gasteiger partial charge in [-0.2, -0.15) is 5.21 Å². The number of benzene rings is 2. The van der Waals surface area contributed by atoms with Gasteiger partial charge in [-0.15, -0.1) is 10.2 Å². The third-order valence-electron chi connectivity index (χ3n) is 3.77. The second-order valence-corrected chi connectivity index (χ2v) is 5.40. The Kier molecular flexibility index (Phi) is 4.69. The summed E-state index contributed by atoms with van der Waals surface area (Å²) in [7, 11) is 1.40. The zero-order chi connectivity index (χ0) is 17.8. The Bertz CT molecular complexity index is 865. The maximum Gasteiger partial charge on any atom is 0.251 e. The second kappa shape index (κ2) is 7.08. The van der Waals surface area contributed by atoms with Gasteiger partial charge in [-0.1, -0.05) is 18.2 Å². The number of hydrogen-bond acceptors (Lipinski definition) is 5. The van der Waals surface area contributed by atoms with Crippen molar-refractivity contribution in [3.05, 3.63) is 59.4 Å².